The van der Waals surface area contributed by atoms with E-state index in [9.17, 15) is 14.4 Å². The lowest BCUT2D eigenvalue weighted by Crippen LogP contribution is -2.16. The fourth-order valence-corrected chi connectivity index (χ4v) is 2.08. The van der Waals surface area contributed by atoms with Gasteiger partial charge in [0.15, 0.2) is 0 Å². The van der Waals surface area contributed by atoms with Crippen molar-refractivity contribution >= 4 is 23.5 Å². The van der Waals surface area contributed by atoms with Gasteiger partial charge in [-0.3, -0.25) is 4.79 Å². The molecule has 0 fully saturated rings. The number of nitrogens with one attached hydrogen (secondary N) is 1. The van der Waals surface area contributed by atoms with E-state index in [0.717, 1.165) is 0 Å². The molecule has 124 valence electrons. The molecule has 0 saturated carbocycles. The van der Waals surface area contributed by atoms with Gasteiger partial charge in [-0.25, -0.2) is 9.59 Å². The first-order chi connectivity index (χ1) is 11.6. The van der Waals surface area contributed by atoms with Crippen LogP contribution in [0, 0.1) is 0 Å². The SMILES string of the molecule is CCOC(=O)c1ccccc1NC(=O)c1cccc(C(=O)OC)c1. The first kappa shape index (κ1) is 17.2. The van der Waals surface area contributed by atoms with E-state index in [1.165, 1.54) is 13.2 Å². The van der Waals surface area contributed by atoms with Gasteiger partial charge in [0, 0.05) is 5.56 Å². The molecule has 0 aliphatic heterocycles. The van der Waals surface area contributed by atoms with E-state index in [1.807, 2.05) is 0 Å². The van der Waals surface area contributed by atoms with E-state index in [1.54, 1.807) is 49.4 Å². The summed E-state index contributed by atoms with van der Waals surface area (Å²) >= 11 is 0. The van der Waals surface area contributed by atoms with E-state index in [2.05, 4.69) is 10.1 Å². The Morgan fingerprint density at radius 2 is 1.67 bits per heavy atom. The highest BCUT2D eigenvalue weighted by atomic mass is 16.5. The van der Waals surface area contributed by atoms with Crippen LogP contribution in [-0.2, 0) is 9.47 Å². The molecule has 1 N–H and O–H groups in total. The zero-order valence-electron chi connectivity index (χ0n) is 13.4. The Hall–Kier alpha value is -3.15. The van der Waals surface area contributed by atoms with Crippen LogP contribution in [0.5, 0.6) is 0 Å². The molecule has 6 heteroatoms. The number of carbonyl (C=O) groups excluding carboxylic acids is 3. The standard InChI is InChI=1S/C18H17NO5/c1-3-24-18(22)14-9-4-5-10-15(14)19-16(20)12-7-6-8-13(11-12)17(21)23-2/h4-11H,3H2,1-2H3,(H,19,20). The number of benzene rings is 2. The van der Waals surface area contributed by atoms with Gasteiger partial charge < -0.3 is 14.8 Å². The molecule has 0 aromatic heterocycles. The average molecular weight is 327 g/mol. The van der Waals surface area contributed by atoms with Crippen molar-refractivity contribution in [3.63, 3.8) is 0 Å². The largest absolute Gasteiger partial charge is 0.465 e. The lowest BCUT2D eigenvalue weighted by molar-refractivity contribution is 0.0526. The Kier molecular flexibility index (Phi) is 5.68. The Morgan fingerprint density at radius 1 is 0.958 bits per heavy atom. The number of para-hydroxylation sites is 1. The fourth-order valence-electron chi connectivity index (χ4n) is 2.08. The fraction of sp³-hybridized carbons (Fsp3) is 0.167. The molecule has 6 nitrogen and oxygen atoms in total. The molecular weight excluding hydrogens is 310 g/mol. The van der Waals surface area contributed by atoms with Crippen LogP contribution in [-0.4, -0.2) is 31.6 Å². The van der Waals surface area contributed by atoms with Crippen LogP contribution in [0.2, 0.25) is 0 Å². The van der Waals surface area contributed by atoms with Crippen LogP contribution >= 0.6 is 0 Å². The number of anilines is 1. The van der Waals surface area contributed by atoms with Crippen LogP contribution in [0.1, 0.15) is 38.0 Å². The second-order valence-corrected chi connectivity index (χ2v) is 4.79. The van der Waals surface area contributed by atoms with Gasteiger partial charge in [0.1, 0.15) is 0 Å². The van der Waals surface area contributed by atoms with Gasteiger partial charge >= 0.3 is 11.9 Å². The second-order valence-electron chi connectivity index (χ2n) is 4.79. The third kappa shape index (κ3) is 3.98. The first-order valence-corrected chi connectivity index (χ1v) is 7.32. The molecule has 0 atom stereocenters. The van der Waals surface area contributed by atoms with Crippen LogP contribution in [0.4, 0.5) is 5.69 Å². The van der Waals surface area contributed by atoms with Crippen LogP contribution in [0.3, 0.4) is 0 Å². The van der Waals surface area contributed by atoms with Gasteiger partial charge in [-0.2, -0.15) is 0 Å². The number of carbonyl (C=O) groups is 3. The summed E-state index contributed by atoms with van der Waals surface area (Å²) < 4.78 is 9.60. The quantitative estimate of drug-likeness (QED) is 0.854. The van der Waals surface area contributed by atoms with Gasteiger partial charge in [0.05, 0.1) is 30.5 Å². The van der Waals surface area contributed by atoms with E-state index in [0.29, 0.717) is 5.69 Å². The van der Waals surface area contributed by atoms with Crippen molar-refractivity contribution < 1.29 is 23.9 Å². The number of methoxy groups -OCH3 is 1. The van der Waals surface area contributed by atoms with Crippen molar-refractivity contribution in [2.75, 3.05) is 19.0 Å². The number of rotatable bonds is 5. The van der Waals surface area contributed by atoms with Gasteiger partial charge in [-0.15, -0.1) is 0 Å². The van der Waals surface area contributed by atoms with Crippen LogP contribution in [0.15, 0.2) is 48.5 Å². The molecule has 0 saturated heterocycles. The summed E-state index contributed by atoms with van der Waals surface area (Å²) in [5.74, 6) is -1.49. The molecule has 0 radical (unpaired) electrons. The Morgan fingerprint density at radius 3 is 2.38 bits per heavy atom. The van der Waals surface area contributed by atoms with Crippen molar-refractivity contribution in [3.05, 3.63) is 65.2 Å². The minimum atomic E-state index is -0.531. The summed E-state index contributed by atoms with van der Waals surface area (Å²) in [7, 11) is 1.27. The molecule has 0 unspecified atom stereocenters. The van der Waals surface area contributed by atoms with Crippen molar-refractivity contribution in [3.8, 4) is 0 Å². The topological polar surface area (TPSA) is 81.7 Å². The molecule has 2 rings (SSSR count). The van der Waals surface area contributed by atoms with Crippen molar-refractivity contribution in [1.29, 1.82) is 0 Å². The molecule has 0 aliphatic carbocycles. The Bertz CT molecular complexity index is 770. The zero-order valence-corrected chi connectivity index (χ0v) is 13.4. The highest BCUT2D eigenvalue weighted by Crippen LogP contribution is 2.18. The predicted octanol–water partition coefficient (Wildman–Crippen LogP) is 2.90. The van der Waals surface area contributed by atoms with E-state index < -0.39 is 17.8 Å². The molecule has 0 spiro atoms. The lowest BCUT2D eigenvalue weighted by atomic mass is 10.1. The van der Waals surface area contributed by atoms with Gasteiger partial charge in [-0.1, -0.05) is 18.2 Å². The molecule has 1 amide bonds. The van der Waals surface area contributed by atoms with E-state index in [-0.39, 0.29) is 23.3 Å². The van der Waals surface area contributed by atoms with Gasteiger partial charge in [-0.05, 0) is 37.3 Å². The molecule has 2 aromatic carbocycles. The van der Waals surface area contributed by atoms with E-state index >= 15 is 0 Å². The van der Waals surface area contributed by atoms with Gasteiger partial charge in [0.25, 0.3) is 5.91 Å². The molecule has 0 heterocycles. The number of esters is 2. The highest BCUT2D eigenvalue weighted by molar-refractivity contribution is 6.08. The molecule has 2 aromatic rings. The maximum atomic E-state index is 12.4. The summed E-state index contributed by atoms with van der Waals surface area (Å²) in [5, 5.41) is 2.66. The van der Waals surface area contributed by atoms with Crippen molar-refractivity contribution in [1.82, 2.24) is 0 Å². The summed E-state index contributed by atoms with van der Waals surface area (Å²) in [6, 6.07) is 12.7. The predicted molar refractivity (Wildman–Crippen MR) is 88.1 cm³/mol. The van der Waals surface area contributed by atoms with Gasteiger partial charge in [0.2, 0.25) is 0 Å². The summed E-state index contributed by atoms with van der Waals surface area (Å²) in [6.07, 6.45) is 0. The maximum absolute atomic E-state index is 12.4. The number of hydrogen-bond donors (Lipinski definition) is 1. The van der Waals surface area contributed by atoms with Crippen LogP contribution in [0.25, 0.3) is 0 Å². The Balaban J connectivity index is 2.25. The lowest BCUT2D eigenvalue weighted by Gasteiger charge is -2.10. The average Bonchev–Trinajstić information content (AvgIpc) is 2.61. The number of amides is 1. The third-order valence-electron chi connectivity index (χ3n) is 3.22. The minimum Gasteiger partial charge on any atom is -0.465 e. The first-order valence-electron chi connectivity index (χ1n) is 7.32. The molecule has 0 aliphatic rings. The summed E-state index contributed by atoms with van der Waals surface area (Å²) in [4.78, 5) is 35.9. The molecule has 24 heavy (non-hydrogen) atoms. The Labute approximate surface area is 139 Å². The smallest absolute Gasteiger partial charge is 0.340 e. The normalized spacial score (nSPS) is 9.92. The minimum absolute atomic E-state index is 0.238. The zero-order chi connectivity index (χ0) is 17.5. The van der Waals surface area contributed by atoms with Crippen molar-refractivity contribution in [2.24, 2.45) is 0 Å². The molecule has 0 bridgehead atoms. The highest BCUT2D eigenvalue weighted by Gasteiger charge is 2.16. The summed E-state index contributed by atoms with van der Waals surface area (Å²) in [5.41, 5.74) is 1.14. The number of ether oxygens (including phenoxy) is 2. The van der Waals surface area contributed by atoms with Crippen LogP contribution < -0.4 is 5.32 Å². The monoisotopic (exact) mass is 327 g/mol. The van der Waals surface area contributed by atoms with Crippen molar-refractivity contribution in [2.45, 2.75) is 6.92 Å². The number of hydrogen-bond acceptors (Lipinski definition) is 5. The maximum Gasteiger partial charge on any atom is 0.340 e. The second kappa shape index (κ2) is 7.92. The summed E-state index contributed by atoms with van der Waals surface area (Å²) in [6.45, 7) is 1.94. The molecular formula is C18H17NO5. The third-order valence-corrected chi connectivity index (χ3v) is 3.22. The van der Waals surface area contributed by atoms with E-state index in [4.69, 9.17) is 4.74 Å².